The van der Waals surface area contributed by atoms with Crippen LogP contribution in [0.2, 0.25) is 0 Å². The first-order chi connectivity index (χ1) is 12.3. The molecule has 0 aliphatic carbocycles. The average Bonchev–Trinajstić information content (AvgIpc) is 2.93. The second kappa shape index (κ2) is 7.73. The van der Waals surface area contributed by atoms with Crippen LogP contribution in [-0.2, 0) is 9.47 Å². The Labute approximate surface area is 149 Å². The average molecular weight is 361 g/mol. The molecule has 8 heteroatoms. The molecule has 0 unspecified atom stereocenters. The highest BCUT2D eigenvalue weighted by Gasteiger charge is 2.24. The zero-order chi connectivity index (χ0) is 19.4. The van der Waals surface area contributed by atoms with Crippen LogP contribution in [0.15, 0.2) is 18.2 Å². The zero-order valence-electron chi connectivity index (χ0n) is 14.8. The molecule has 0 atom stereocenters. The quantitative estimate of drug-likeness (QED) is 0.598. The number of aromatic nitrogens is 1. The number of esters is 2. The second-order valence-electron chi connectivity index (χ2n) is 5.47. The van der Waals surface area contributed by atoms with Gasteiger partial charge in [-0.15, -0.1) is 0 Å². The van der Waals surface area contributed by atoms with Gasteiger partial charge in [0.05, 0.1) is 25.5 Å². The fourth-order valence-corrected chi connectivity index (χ4v) is 2.57. The maximum atomic E-state index is 12.3. The fraction of sp³-hybridized carbons (Fsp3) is 0.278. The molecule has 138 valence electrons. The molecule has 0 aliphatic heterocycles. The first kappa shape index (κ1) is 19.0. The number of hydrogen-bond donors (Lipinski definition) is 2. The van der Waals surface area contributed by atoms with Gasteiger partial charge in [0.15, 0.2) is 18.1 Å². The first-order valence-electron chi connectivity index (χ1n) is 7.65. The van der Waals surface area contributed by atoms with E-state index < -0.39 is 24.3 Å². The summed E-state index contributed by atoms with van der Waals surface area (Å²) < 4.78 is 14.6. The van der Waals surface area contributed by atoms with Gasteiger partial charge in [-0.1, -0.05) is 6.07 Å². The second-order valence-corrected chi connectivity index (χ2v) is 5.47. The van der Waals surface area contributed by atoms with E-state index in [4.69, 9.17) is 9.47 Å². The van der Waals surface area contributed by atoms with E-state index in [1.807, 2.05) is 0 Å². The summed E-state index contributed by atoms with van der Waals surface area (Å²) in [6, 6.07) is 4.35. The van der Waals surface area contributed by atoms with Crippen LogP contribution < -0.4 is 4.74 Å². The van der Waals surface area contributed by atoms with Gasteiger partial charge >= 0.3 is 11.9 Å². The number of benzene rings is 1. The lowest BCUT2D eigenvalue weighted by Crippen LogP contribution is -2.16. The van der Waals surface area contributed by atoms with E-state index in [0.717, 1.165) is 0 Å². The molecule has 2 N–H and O–H groups in total. The van der Waals surface area contributed by atoms with Crippen molar-refractivity contribution in [2.45, 2.75) is 13.8 Å². The van der Waals surface area contributed by atoms with E-state index >= 15 is 0 Å². The Balaban J connectivity index is 2.15. The third kappa shape index (κ3) is 3.53. The number of nitrogens with one attached hydrogen (secondary N) is 1. The molecule has 0 spiro atoms. The van der Waals surface area contributed by atoms with Crippen LogP contribution in [0.1, 0.15) is 42.5 Å². The number of aromatic hydroxyl groups is 1. The number of carbonyl (C=O) groups excluding carboxylic acids is 3. The molecule has 0 radical (unpaired) electrons. The Morgan fingerprint density at radius 1 is 1.12 bits per heavy atom. The van der Waals surface area contributed by atoms with E-state index in [-0.39, 0.29) is 28.3 Å². The molecule has 26 heavy (non-hydrogen) atoms. The number of methoxy groups -OCH3 is 2. The zero-order valence-corrected chi connectivity index (χ0v) is 14.8. The Kier molecular flexibility index (Phi) is 5.66. The first-order valence-corrected chi connectivity index (χ1v) is 7.65. The van der Waals surface area contributed by atoms with Crippen molar-refractivity contribution in [2.24, 2.45) is 0 Å². The number of carbonyl (C=O) groups is 3. The summed E-state index contributed by atoms with van der Waals surface area (Å²) in [5, 5.41) is 9.95. The molecule has 1 aromatic carbocycles. The highest BCUT2D eigenvalue weighted by atomic mass is 16.5. The number of ketones is 1. The smallest absolute Gasteiger partial charge is 0.342 e. The van der Waals surface area contributed by atoms with Crippen molar-refractivity contribution in [3.63, 3.8) is 0 Å². The molecule has 0 fully saturated rings. The monoisotopic (exact) mass is 361 g/mol. The van der Waals surface area contributed by atoms with Crippen molar-refractivity contribution in [3.8, 4) is 11.5 Å². The number of aryl methyl sites for hydroxylation is 1. The van der Waals surface area contributed by atoms with Crippen LogP contribution in [0.3, 0.4) is 0 Å². The van der Waals surface area contributed by atoms with Crippen LogP contribution in [0, 0.1) is 13.8 Å². The van der Waals surface area contributed by atoms with Crippen molar-refractivity contribution < 1.29 is 33.7 Å². The number of ether oxygens (including phenoxy) is 3. The number of aromatic amines is 1. The van der Waals surface area contributed by atoms with Gasteiger partial charge in [-0.05, 0) is 31.5 Å². The van der Waals surface area contributed by atoms with Gasteiger partial charge < -0.3 is 24.3 Å². The largest absolute Gasteiger partial charge is 0.504 e. The lowest BCUT2D eigenvalue weighted by molar-refractivity contribution is 0.0469. The minimum Gasteiger partial charge on any atom is -0.504 e. The van der Waals surface area contributed by atoms with Gasteiger partial charge in [0.2, 0.25) is 5.78 Å². The Hall–Kier alpha value is -3.29. The SMILES string of the molecule is COC(=O)c1c(C)[nH]c(C(=O)COC(=O)c2cccc(OC)c2O)c1C. The number of H-pyrrole nitrogens is 1. The van der Waals surface area contributed by atoms with Crippen LogP contribution in [-0.4, -0.2) is 48.6 Å². The maximum Gasteiger partial charge on any atom is 0.342 e. The fourth-order valence-electron chi connectivity index (χ4n) is 2.57. The van der Waals surface area contributed by atoms with E-state index in [2.05, 4.69) is 9.72 Å². The summed E-state index contributed by atoms with van der Waals surface area (Å²) in [5.41, 5.74) is 1.21. The molecule has 0 saturated heterocycles. The Bertz CT molecular complexity index is 867. The molecule has 0 bridgehead atoms. The molecule has 8 nitrogen and oxygen atoms in total. The standard InChI is InChI=1S/C18H19NO7/c1-9-14(18(23)25-4)10(2)19-15(9)12(20)8-26-17(22)11-6-5-7-13(24-3)16(11)21/h5-7,19,21H,8H2,1-4H3. The maximum absolute atomic E-state index is 12.3. The molecule has 2 rings (SSSR count). The van der Waals surface area contributed by atoms with Crippen molar-refractivity contribution in [1.29, 1.82) is 0 Å². The van der Waals surface area contributed by atoms with Gasteiger partial charge in [0, 0.05) is 5.69 Å². The van der Waals surface area contributed by atoms with Crippen LogP contribution >= 0.6 is 0 Å². The lowest BCUT2D eigenvalue weighted by atomic mass is 10.1. The van der Waals surface area contributed by atoms with Crippen LogP contribution in [0.4, 0.5) is 0 Å². The van der Waals surface area contributed by atoms with Gasteiger partial charge in [0.1, 0.15) is 5.56 Å². The van der Waals surface area contributed by atoms with Gasteiger partial charge in [-0.3, -0.25) is 4.79 Å². The highest BCUT2D eigenvalue weighted by molar-refractivity contribution is 6.03. The number of hydrogen-bond acceptors (Lipinski definition) is 7. The molecule has 1 aromatic heterocycles. The summed E-state index contributed by atoms with van der Waals surface area (Å²) in [6.07, 6.45) is 0. The van der Waals surface area contributed by atoms with Crippen molar-refractivity contribution in [1.82, 2.24) is 4.98 Å². The normalized spacial score (nSPS) is 10.3. The summed E-state index contributed by atoms with van der Waals surface area (Å²) in [7, 11) is 2.60. The van der Waals surface area contributed by atoms with E-state index in [9.17, 15) is 19.5 Å². The van der Waals surface area contributed by atoms with Crippen molar-refractivity contribution in [3.05, 3.63) is 46.3 Å². The van der Waals surface area contributed by atoms with Gasteiger partial charge in [0.25, 0.3) is 0 Å². The van der Waals surface area contributed by atoms with E-state index in [0.29, 0.717) is 11.3 Å². The molecule has 0 saturated carbocycles. The summed E-state index contributed by atoms with van der Waals surface area (Å²) in [6.45, 7) is 2.67. The molecular formula is C18H19NO7. The summed E-state index contributed by atoms with van der Waals surface area (Å²) in [5.74, 6) is -2.20. The van der Waals surface area contributed by atoms with E-state index in [1.165, 1.54) is 32.4 Å². The topological polar surface area (TPSA) is 115 Å². The molecule has 1 heterocycles. The minimum absolute atomic E-state index is 0.115. The van der Waals surface area contributed by atoms with Gasteiger partial charge in [-0.2, -0.15) is 0 Å². The Morgan fingerprint density at radius 2 is 1.81 bits per heavy atom. The highest BCUT2D eigenvalue weighted by Crippen LogP contribution is 2.29. The number of phenolic OH excluding ortho intramolecular Hbond substituents is 1. The molecular weight excluding hydrogens is 342 g/mol. The minimum atomic E-state index is -0.871. The summed E-state index contributed by atoms with van der Waals surface area (Å²) in [4.78, 5) is 39.0. The molecule has 0 aliphatic rings. The predicted octanol–water partition coefficient (Wildman–Crippen LogP) is 2.17. The number of phenols is 1. The van der Waals surface area contributed by atoms with Gasteiger partial charge in [-0.25, -0.2) is 9.59 Å². The number of rotatable bonds is 6. The Morgan fingerprint density at radius 3 is 2.42 bits per heavy atom. The third-order valence-electron chi connectivity index (χ3n) is 3.88. The number of para-hydroxylation sites is 1. The van der Waals surface area contributed by atoms with Crippen LogP contribution in [0.5, 0.6) is 11.5 Å². The molecule has 2 aromatic rings. The van der Waals surface area contributed by atoms with Crippen molar-refractivity contribution >= 4 is 17.7 Å². The molecule has 0 amide bonds. The van der Waals surface area contributed by atoms with E-state index in [1.54, 1.807) is 13.8 Å². The predicted molar refractivity (Wildman–Crippen MR) is 90.9 cm³/mol. The number of Topliss-reactive ketones (excluding diaryl/α,β-unsaturated/α-hetero) is 1. The van der Waals surface area contributed by atoms with Crippen LogP contribution in [0.25, 0.3) is 0 Å². The van der Waals surface area contributed by atoms with Crippen molar-refractivity contribution in [2.75, 3.05) is 20.8 Å². The lowest BCUT2D eigenvalue weighted by Gasteiger charge is -2.08. The third-order valence-corrected chi connectivity index (χ3v) is 3.88. The summed E-state index contributed by atoms with van der Waals surface area (Å²) >= 11 is 0.